The van der Waals surface area contributed by atoms with Gasteiger partial charge in [0.15, 0.2) is 0 Å². The average molecular weight is 287 g/mol. The fraction of sp³-hybridized carbons (Fsp3) is 0.235. The number of carbonyl (C=O) groups excluding carboxylic acids is 1. The first kappa shape index (κ1) is 15.0. The Kier molecular flexibility index (Phi) is 4.58. The van der Waals surface area contributed by atoms with E-state index >= 15 is 0 Å². The monoisotopic (exact) mass is 287 g/mol. The van der Waals surface area contributed by atoms with Gasteiger partial charge in [-0.3, -0.25) is 4.79 Å². The first-order chi connectivity index (χ1) is 10.0. The third kappa shape index (κ3) is 3.60. The Hall–Kier alpha value is -2.36. The van der Waals surface area contributed by atoms with Crippen LogP contribution in [0.25, 0.3) is 0 Å². The number of nitrogens with zero attached hydrogens (tertiary/aromatic N) is 1. The lowest BCUT2D eigenvalue weighted by atomic mass is 10.1. The number of methoxy groups -OCH3 is 1. The van der Waals surface area contributed by atoms with Crippen LogP contribution in [0, 0.1) is 12.7 Å². The van der Waals surface area contributed by atoms with Gasteiger partial charge in [0.25, 0.3) is 5.91 Å². The zero-order chi connectivity index (χ0) is 15.4. The number of hydrogen-bond donors (Lipinski definition) is 0. The number of halogens is 1. The Morgan fingerprint density at radius 3 is 2.43 bits per heavy atom. The molecule has 0 spiro atoms. The molecule has 0 aliphatic heterocycles. The largest absolute Gasteiger partial charge is 0.497 e. The molecule has 0 atom stereocenters. The molecule has 2 aromatic rings. The van der Waals surface area contributed by atoms with Gasteiger partial charge in [0.05, 0.1) is 7.11 Å². The summed E-state index contributed by atoms with van der Waals surface area (Å²) in [6.07, 6.45) is 0. The lowest BCUT2D eigenvalue weighted by Gasteiger charge is -2.18. The van der Waals surface area contributed by atoms with Gasteiger partial charge in [0, 0.05) is 19.2 Å². The van der Waals surface area contributed by atoms with Crippen LogP contribution in [0.2, 0.25) is 0 Å². The Balaban J connectivity index is 2.11. The molecule has 2 aromatic carbocycles. The second-order valence-corrected chi connectivity index (χ2v) is 4.97. The minimum absolute atomic E-state index is 0.122. The van der Waals surface area contributed by atoms with Gasteiger partial charge in [0.1, 0.15) is 11.6 Å². The summed E-state index contributed by atoms with van der Waals surface area (Å²) in [7, 11) is 3.34. The summed E-state index contributed by atoms with van der Waals surface area (Å²) < 4.78 is 18.2. The van der Waals surface area contributed by atoms with E-state index in [4.69, 9.17) is 4.74 Å². The fourth-order valence-corrected chi connectivity index (χ4v) is 2.15. The second kappa shape index (κ2) is 6.39. The zero-order valence-corrected chi connectivity index (χ0v) is 12.4. The van der Waals surface area contributed by atoms with Crippen molar-refractivity contribution in [2.45, 2.75) is 13.5 Å². The lowest BCUT2D eigenvalue weighted by Crippen LogP contribution is -2.26. The van der Waals surface area contributed by atoms with Crippen molar-refractivity contribution in [3.63, 3.8) is 0 Å². The number of benzene rings is 2. The average Bonchev–Trinajstić information content (AvgIpc) is 2.47. The Morgan fingerprint density at radius 1 is 1.19 bits per heavy atom. The van der Waals surface area contributed by atoms with Crippen molar-refractivity contribution in [2.24, 2.45) is 0 Å². The number of aryl methyl sites for hydroxylation is 1. The van der Waals surface area contributed by atoms with Crippen molar-refractivity contribution in [3.8, 4) is 5.75 Å². The van der Waals surface area contributed by atoms with Crippen molar-refractivity contribution in [3.05, 3.63) is 65.0 Å². The van der Waals surface area contributed by atoms with Crippen LogP contribution in [0.5, 0.6) is 5.75 Å². The van der Waals surface area contributed by atoms with Crippen molar-refractivity contribution in [1.29, 1.82) is 0 Å². The van der Waals surface area contributed by atoms with E-state index < -0.39 is 0 Å². The van der Waals surface area contributed by atoms with Crippen LogP contribution in [0.1, 0.15) is 21.5 Å². The summed E-state index contributed by atoms with van der Waals surface area (Å²) in [5.74, 6) is 0.326. The molecule has 0 aliphatic carbocycles. The summed E-state index contributed by atoms with van der Waals surface area (Å²) in [4.78, 5) is 14.0. The molecule has 1 amide bonds. The van der Waals surface area contributed by atoms with Crippen LogP contribution in [0.3, 0.4) is 0 Å². The first-order valence-electron chi connectivity index (χ1n) is 6.66. The van der Waals surface area contributed by atoms with Gasteiger partial charge in [-0.15, -0.1) is 0 Å². The van der Waals surface area contributed by atoms with Crippen LogP contribution in [-0.2, 0) is 6.54 Å². The molecular weight excluding hydrogens is 269 g/mol. The fourth-order valence-electron chi connectivity index (χ4n) is 2.15. The topological polar surface area (TPSA) is 29.5 Å². The van der Waals surface area contributed by atoms with E-state index in [-0.39, 0.29) is 11.7 Å². The highest BCUT2D eigenvalue weighted by molar-refractivity contribution is 5.95. The van der Waals surface area contributed by atoms with Gasteiger partial charge in [-0.25, -0.2) is 4.39 Å². The highest BCUT2D eigenvalue weighted by atomic mass is 19.1. The third-order valence-electron chi connectivity index (χ3n) is 3.34. The highest BCUT2D eigenvalue weighted by Crippen LogP contribution is 2.16. The van der Waals surface area contributed by atoms with Crippen molar-refractivity contribution in [2.75, 3.05) is 14.2 Å². The van der Waals surface area contributed by atoms with Crippen LogP contribution in [0.4, 0.5) is 4.39 Å². The molecule has 0 aromatic heterocycles. The number of carbonyl (C=O) groups is 1. The first-order valence-corrected chi connectivity index (χ1v) is 6.66. The van der Waals surface area contributed by atoms with E-state index in [9.17, 15) is 9.18 Å². The van der Waals surface area contributed by atoms with Crippen LogP contribution in [0.15, 0.2) is 42.5 Å². The zero-order valence-electron chi connectivity index (χ0n) is 12.4. The molecule has 21 heavy (non-hydrogen) atoms. The molecule has 0 radical (unpaired) electrons. The predicted octanol–water partition coefficient (Wildman–Crippen LogP) is 3.41. The molecule has 0 bridgehead atoms. The molecule has 0 fully saturated rings. The molecule has 3 nitrogen and oxygen atoms in total. The number of amides is 1. The Bertz CT molecular complexity index is 638. The van der Waals surface area contributed by atoms with Crippen molar-refractivity contribution < 1.29 is 13.9 Å². The maximum Gasteiger partial charge on any atom is 0.254 e. The lowest BCUT2D eigenvalue weighted by molar-refractivity contribution is 0.0784. The van der Waals surface area contributed by atoms with E-state index in [0.29, 0.717) is 17.7 Å². The molecule has 0 unspecified atom stereocenters. The van der Waals surface area contributed by atoms with Gasteiger partial charge in [-0.2, -0.15) is 0 Å². The Labute approximate surface area is 124 Å². The van der Waals surface area contributed by atoms with Crippen LogP contribution >= 0.6 is 0 Å². The van der Waals surface area contributed by atoms with Gasteiger partial charge >= 0.3 is 0 Å². The minimum atomic E-state index is -0.332. The van der Waals surface area contributed by atoms with E-state index in [1.54, 1.807) is 26.0 Å². The normalized spacial score (nSPS) is 10.3. The molecule has 0 saturated heterocycles. The molecule has 0 saturated carbocycles. The molecule has 0 N–H and O–H groups in total. The highest BCUT2D eigenvalue weighted by Gasteiger charge is 2.14. The summed E-state index contributed by atoms with van der Waals surface area (Å²) in [5, 5.41) is 0. The molecule has 0 aliphatic rings. The van der Waals surface area contributed by atoms with Crippen molar-refractivity contribution in [1.82, 2.24) is 4.90 Å². The molecule has 2 rings (SSSR count). The van der Waals surface area contributed by atoms with Gasteiger partial charge in [0.2, 0.25) is 0 Å². The molecule has 0 heterocycles. The van der Waals surface area contributed by atoms with Crippen LogP contribution in [-0.4, -0.2) is 25.0 Å². The molecular formula is C17H18FNO2. The quantitative estimate of drug-likeness (QED) is 0.862. The summed E-state index contributed by atoms with van der Waals surface area (Å²) in [6, 6.07) is 11.8. The van der Waals surface area contributed by atoms with Crippen molar-refractivity contribution >= 4 is 5.91 Å². The SMILES string of the molecule is COc1ccc(CN(C)C(=O)c2ccc(F)cc2C)cc1. The Morgan fingerprint density at radius 2 is 1.86 bits per heavy atom. The number of ether oxygens (including phenoxy) is 1. The third-order valence-corrected chi connectivity index (χ3v) is 3.34. The number of hydrogen-bond acceptors (Lipinski definition) is 2. The van der Waals surface area contributed by atoms with E-state index in [0.717, 1.165) is 11.3 Å². The standard InChI is InChI=1S/C17H18FNO2/c1-12-10-14(18)6-9-16(12)17(20)19(2)11-13-4-7-15(21-3)8-5-13/h4-10H,11H2,1-3H3. The van der Waals surface area contributed by atoms with Crippen LogP contribution < -0.4 is 4.74 Å². The van der Waals surface area contributed by atoms with Gasteiger partial charge < -0.3 is 9.64 Å². The predicted molar refractivity (Wildman–Crippen MR) is 79.9 cm³/mol. The maximum absolute atomic E-state index is 13.1. The molecule has 110 valence electrons. The summed E-state index contributed by atoms with van der Waals surface area (Å²) in [5.41, 5.74) is 2.17. The maximum atomic E-state index is 13.1. The van der Waals surface area contributed by atoms with E-state index in [1.165, 1.54) is 18.2 Å². The minimum Gasteiger partial charge on any atom is -0.497 e. The number of rotatable bonds is 4. The smallest absolute Gasteiger partial charge is 0.254 e. The van der Waals surface area contributed by atoms with Gasteiger partial charge in [-0.1, -0.05) is 12.1 Å². The summed E-state index contributed by atoms with van der Waals surface area (Å²) >= 11 is 0. The van der Waals surface area contributed by atoms with E-state index in [2.05, 4.69) is 0 Å². The molecule has 4 heteroatoms. The van der Waals surface area contributed by atoms with E-state index in [1.807, 2.05) is 24.3 Å². The van der Waals surface area contributed by atoms with Gasteiger partial charge in [-0.05, 0) is 48.4 Å². The summed E-state index contributed by atoms with van der Waals surface area (Å²) in [6.45, 7) is 2.22. The second-order valence-electron chi connectivity index (χ2n) is 4.97.